The fourth-order valence-electron chi connectivity index (χ4n) is 1.49. The van der Waals surface area contributed by atoms with Gasteiger partial charge in [0.1, 0.15) is 5.82 Å². The van der Waals surface area contributed by atoms with E-state index in [-0.39, 0.29) is 47.5 Å². The number of aryl methyl sites for hydroxylation is 1. The van der Waals surface area contributed by atoms with Crippen molar-refractivity contribution in [1.29, 1.82) is 0 Å². The molecule has 2 aromatic rings. The molecule has 0 aliphatic rings. The summed E-state index contributed by atoms with van der Waals surface area (Å²) in [5.41, 5.74) is 0.591. The topological polar surface area (TPSA) is 150 Å². The number of halogens is 1. The number of urea groups is 1. The number of hydrogen-bond acceptors (Lipinski definition) is 9. The van der Waals surface area contributed by atoms with Crippen LogP contribution >= 0.6 is 22.6 Å². The number of hydrogen-bond donors (Lipinski definition) is 1. The molecule has 0 saturated carbocycles. The summed E-state index contributed by atoms with van der Waals surface area (Å²) in [4.78, 5) is 33.0. The van der Waals surface area contributed by atoms with Crippen molar-refractivity contribution in [2.45, 2.75) is 6.92 Å². The van der Waals surface area contributed by atoms with Crippen molar-refractivity contribution in [3.63, 3.8) is 0 Å². The van der Waals surface area contributed by atoms with Gasteiger partial charge in [0.15, 0.2) is 0 Å². The molecule has 1 aromatic carbocycles. The molecular weight excluding hydrogens is 516 g/mol. The number of rotatable bonds is 3. The number of carbonyl (C=O) groups excluding carboxylic acids is 2. The molecule has 0 aliphatic carbocycles. The molecule has 0 saturated heterocycles. The third-order valence-electron chi connectivity index (χ3n) is 2.55. The van der Waals surface area contributed by atoms with Crippen molar-refractivity contribution in [2.24, 2.45) is 4.36 Å². The normalized spacial score (nSPS) is 9.00. The van der Waals surface area contributed by atoms with Crippen LogP contribution in [0.4, 0.5) is 10.7 Å². The van der Waals surface area contributed by atoms with Gasteiger partial charge in [-0.2, -0.15) is 23.4 Å². The van der Waals surface area contributed by atoms with Crippen LogP contribution in [0.25, 0.3) is 0 Å². The number of benzene rings is 1. The number of carbonyl (C=O) groups is 2. The number of amides is 2. The van der Waals surface area contributed by atoms with E-state index in [1.54, 1.807) is 19.1 Å². The monoisotopic (exact) mass is 531 g/mol. The van der Waals surface area contributed by atoms with Crippen molar-refractivity contribution in [2.75, 3.05) is 19.5 Å². The number of esters is 1. The Bertz CT molecular complexity index is 947. The first-order chi connectivity index (χ1) is 12.7. The van der Waals surface area contributed by atoms with Crippen LogP contribution in [0.1, 0.15) is 16.2 Å². The number of aromatic nitrogens is 3. The first kappa shape index (κ1) is 26.3. The van der Waals surface area contributed by atoms with E-state index in [0.29, 0.717) is 11.4 Å². The van der Waals surface area contributed by atoms with Crippen LogP contribution in [0.15, 0.2) is 28.6 Å². The van der Waals surface area contributed by atoms with E-state index in [1.165, 1.54) is 14.2 Å². The van der Waals surface area contributed by atoms with Crippen LogP contribution in [0.3, 0.4) is 0 Å². The third-order valence-corrected chi connectivity index (χ3v) is 3.58. The Kier molecular flexibility index (Phi) is 12.7. The number of nitrogens with one attached hydrogen (secondary N) is 1. The summed E-state index contributed by atoms with van der Waals surface area (Å²) in [5, 5.41) is 2.05. The molecular formula is C14H15IN5NaO6S. The van der Waals surface area contributed by atoms with Gasteiger partial charge in [0.25, 0.3) is 0 Å². The SMILES string of the molecule is COC(=O)c1ccc(I)cc1.COc1nc(C)nc(NC(=O)N=S(=O)=O)n1.[NaH]. The Morgan fingerprint density at radius 1 is 1.11 bits per heavy atom. The second-order valence-corrected chi connectivity index (χ2v) is 6.29. The van der Waals surface area contributed by atoms with E-state index >= 15 is 0 Å². The molecule has 0 unspecified atom stereocenters. The maximum atomic E-state index is 10.9. The van der Waals surface area contributed by atoms with Gasteiger partial charge < -0.3 is 9.47 Å². The average Bonchev–Trinajstić information content (AvgIpc) is 2.61. The zero-order valence-electron chi connectivity index (χ0n) is 14.3. The molecule has 2 amide bonds. The van der Waals surface area contributed by atoms with Crippen molar-refractivity contribution in [3.8, 4) is 6.01 Å². The summed E-state index contributed by atoms with van der Waals surface area (Å²) in [6, 6.07) is 6.13. The Morgan fingerprint density at radius 2 is 1.71 bits per heavy atom. The van der Waals surface area contributed by atoms with Crippen LogP contribution in [-0.4, -0.2) is 79.1 Å². The molecule has 0 radical (unpaired) electrons. The van der Waals surface area contributed by atoms with E-state index in [1.807, 2.05) is 17.4 Å². The van der Waals surface area contributed by atoms with E-state index in [0.717, 1.165) is 3.57 Å². The minimum absolute atomic E-state index is 0. The molecule has 1 aromatic heterocycles. The van der Waals surface area contributed by atoms with Crippen LogP contribution in [0.5, 0.6) is 6.01 Å². The van der Waals surface area contributed by atoms with E-state index in [2.05, 4.69) is 46.6 Å². The van der Waals surface area contributed by atoms with Gasteiger partial charge in [0.2, 0.25) is 5.95 Å². The summed E-state index contributed by atoms with van der Waals surface area (Å²) in [6.07, 6.45) is 0. The first-order valence-corrected chi connectivity index (χ1v) is 9.09. The number of anilines is 1. The molecule has 2 rings (SSSR count). The van der Waals surface area contributed by atoms with Gasteiger partial charge in [0, 0.05) is 3.57 Å². The molecule has 0 spiro atoms. The molecule has 0 fully saturated rings. The van der Waals surface area contributed by atoms with Crippen LogP contribution in [0, 0.1) is 10.5 Å². The summed E-state index contributed by atoms with van der Waals surface area (Å²) in [6.45, 7) is 1.56. The third kappa shape index (κ3) is 10.0. The second-order valence-electron chi connectivity index (χ2n) is 4.43. The maximum absolute atomic E-state index is 10.9. The van der Waals surface area contributed by atoms with E-state index in [4.69, 9.17) is 4.74 Å². The van der Waals surface area contributed by atoms with Crippen molar-refractivity contribution in [1.82, 2.24) is 15.0 Å². The fraction of sp³-hybridized carbons (Fsp3) is 0.214. The van der Waals surface area contributed by atoms with E-state index in [9.17, 15) is 18.0 Å². The summed E-state index contributed by atoms with van der Waals surface area (Å²) in [7, 11) is -0.101. The quantitative estimate of drug-likeness (QED) is 0.350. The van der Waals surface area contributed by atoms with Crippen molar-refractivity contribution in [3.05, 3.63) is 39.2 Å². The Labute approximate surface area is 197 Å². The minimum atomic E-state index is -2.82. The molecule has 146 valence electrons. The summed E-state index contributed by atoms with van der Waals surface area (Å²) < 4.78 is 33.2. The van der Waals surface area contributed by atoms with Gasteiger partial charge >= 0.3 is 58.1 Å². The fourth-order valence-corrected chi connectivity index (χ4v) is 2.04. The molecule has 1 heterocycles. The molecule has 14 heteroatoms. The van der Waals surface area contributed by atoms with Gasteiger partial charge in [-0.3, -0.25) is 5.32 Å². The first-order valence-electron chi connectivity index (χ1n) is 6.97. The summed E-state index contributed by atoms with van der Waals surface area (Å²) >= 11 is 2.18. The molecule has 1 N–H and O–H groups in total. The van der Waals surface area contributed by atoms with Crippen LogP contribution in [0.2, 0.25) is 0 Å². The zero-order chi connectivity index (χ0) is 20.4. The average molecular weight is 531 g/mol. The number of ether oxygens (including phenoxy) is 2. The van der Waals surface area contributed by atoms with Gasteiger partial charge in [-0.1, -0.05) is 4.36 Å². The molecule has 0 aliphatic heterocycles. The molecule has 28 heavy (non-hydrogen) atoms. The van der Waals surface area contributed by atoms with Gasteiger partial charge in [0.05, 0.1) is 19.8 Å². The number of nitrogens with zero attached hydrogens (tertiary/aromatic N) is 4. The van der Waals surface area contributed by atoms with Crippen molar-refractivity contribution >= 4 is 80.6 Å². The Morgan fingerprint density at radius 3 is 2.21 bits per heavy atom. The second kappa shape index (κ2) is 13.5. The number of methoxy groups -OCH3 is 2. The van der Waals surface area contributed by atoms with Crippen LogP contribution in [-0.2, 0) is 15.2 Å². The van der Waals surface area contributed by atoms with Crippen LogP contribution < -0.4 is 10.1 Å². The van der Waals surface area contributed by atoms with Gasteiger partial charge in [-0.05, 0) is 53.8 Å². The zero-order valence-corrected chi connectivity index (χ0v) is 17.3. The molecule has 11 nitrogen and oxygen atoms in total. The molecule has 0 atom stereocenters. The predicted molar refractivity (Wildman–Crippen MR) is 109 cm³/mol. The standard InChI is InChI=1S/C8H7IO2.C6H7N5O4S.Na.H/c1-11-8(10)6-2-4-7(9)5-3-6;1-3-7-4(10-6(8-3)15-2)9-5(12)11-16(13)14;;/h2-5H,1H3;1-2H3,(H,7,8,9,10,12);;. The summed E-state index contributed by atoms with van der Waals surface area (Å²) in [5.74, 6) is -0.115. The van der Waals surface area contributed by atoms with E-state index < -0.39 is 16.5 Å². The Balaban J connectivity index is 0.000000535. The Hall–Kier alpha value is -1.68. The van der Waals surface area contributed by atoms with Crippen molar-refractivity contribution < 1.29 is 27.5 Å². The van der Waals surface area contributed by atoms with Gasteiger partial charge in [-0.15, -0.1) is 0 Å². The van der Waals surface area contributed by atoms with Gasteiger partial charge in [-0.25, -0.2) is 9.59 Å². The predicted octanol–water partition coefficient (Wildman–Crippen LogP) is 1.21. The molecule has 0 bridgehead atoms.